The Morgan fingerprint density at radius 3 is 2.59 bits per heavy atom. The summed E-state index contributed by atoms with van der Waals surface area (Å²) in [5, 5.41) is 0.906. The van der Waals surface area contributed by atoms with Gasteiger partial charge < -0.3 is 4.79 Å². The van der Waals surface area contributed by atoms with E-state index < -0.39 is 10.8 Å². The third-order valence-corrected chi connectivity index (χ3v) is 8.79. The molecular formula is C33H29FN4O. The number of para-hydroxylation sites is 1. The number of hydrogen-bond acceptors (Lipinski definition) is 4. The average molecular weight is 517 g/mol. The van der Waals surface area contributed by atoms with Gasteiger partial charge in [-0.1, -0.05) is 63.6 Å². The molecule has 3 atom stereocenters. The average Bonchev–Trinajstić information content (AvgIpc) is 2.95. The smallest absolute Gasteiger partial charge is 0.226 e. The molecular weight excluding hydrogens is 487 g/mol. The molecule has 4 aromatic rings. The van der Waals surface area contributed by atoms with Gasteiger partial charge in [0.05, 0.1) is 23.5 Å². The van der Waals surface area contributed by atoms with Gasteiger partial charge in [0.2, 0.25) is 5.70 Å². The van der Waals surface area contributed by atoms with E-state index in [0.29, 0.717) is 29.9 Å². The fraction of sp³-hybridized carbons (Fsp3) is 0.303. The van der Waals surface area contributed by atoms with Crippen molar-refractivity contribution in [3.63, 3.8) is 0 Å². The Labute approximate surface area is 227 Å². The Bertz CT molecular complexity index is 1720. The summed E-state index contributed by atoms with van der Waals surface area (Å²) >= 11 is 0. The fourth-order valence-electron chi connectivity index (χ4n) is 7.05. The number of nitrogens with zero attached hydrogens (tertiary/aromatic N) is 4. The van der Waals surface area contributed by atoms with Gasteiger partial charge >= 0.3 is 0 Å². The van der Waals surface area contributed by atoms with Gasteiger partial charge in [0.1, 0.15) is 5.82 Å². The summed E-state index contributed by atoms with van der Waals surface area (Å²) < 4.78 is 15.3. The molecule has 0 spiro atoms. The second-order valence-corrected chi connectivity index (χ2v) is 11.1. The van der Waals surface area contributed by atoms with Crippen LogP contribution < -0.4 is 0 Å². The lowest BCUT2D eigenvalue weighted by atomic mass is 9.51. The summed E-state index contributed by atoms with van der Waals surface area (Å²) in [6, 6.07) is 16.4. The van der Waals surface area contributed by atoms with Gasteiger partial charge in [-0.3, -0.25) is 4.98 Å². The van der Waals surface area contributed by atoms with Crippen molar-refractivity contribution < 1.29 is 9.18 Å². The molecule has 39 heavy (non-hydrogen) atoms. The molecule has 0 amide bonds. The molecule has 0 bridgehead atoms. The number of allylic oxidation sites excluding steroid dienone is 2. The monoisotopic (exact) mass is 516 g/mol. The number of carbonyl (C=O) groups is 1. The van der Waals surface area contributed by atoms with Crippen LogP contribution in [0.1, 0.15) is 51.3 Å². The molecule has 2 aliphatic rings. The van der Waals surface area contributed by atoms with E-state index in [1.165, 1.54) is 6.07 Å². The molecule has 6 rings (SSSR count). The van der Waals surface area contributed by atoms with E-state index in [0.717, 1.165) is 40.6 Å². The third-order valence-electron chi connectivity index (χ3n) is 8.79. The molecule has 0 fully saturated rings. The van der Waals surface area contributed by atoms with Crippen LogP contribution in [0.4, 0.5) is 4.39 Å². The number of benzene rings is 2. The molecule has 0 saturated carbocycles. The molecule has 2 aliphatic carbocycles. The normalized spacial score (nSPS) is 24.0. The first kappa shape index (κ1) is 25.1. The van der Waals surface area contributed by atoms with Crippen LogP contribution in [0.5, 0.6) is 0 Å². The van der Waals surface area contributed by atoms with E-state index in [1.807, 2.05) is 49.4 Å². The number of aromatic nitrogens is 3. The highest BCUT2D eigenvalue weighted by Gasteiger charge is 2.56. The number of halogens is 1. The van der Waals surface area contributed by atoms with Crippen molar-refractivity contribution in [3.05, 3.63) is 101 Å². The van der Waals surface area contributed by atoms with E-state index in [9.17, 15) is 4.79 Å². The van der Waals surface area contributed by atoms with Gasteiger partial charge in [0.15, 0.2) is 11.6 Å². The first-order chi connectivity index (χ1) is 18.8. The maximum Gasteiger partial charge on any atom is 0.226 e. The minimum atomic E-state index is -0.689. The van der Waals surface area contributed by atoms with Crippen LogP contribution in [-0.4, -0.2) is 20.7 Å². The summed E-state index contributed by atoms with van der Waals surface area (Å²) in [4.78, 5) is 32.0. The number of ketones is 1. The van der Waals surface area contributed by atoms with E-state index in [1.54, 1.807) is 18.3 Å². The highest BCUT2D eigenvalue weighted by Crippen LogP contribution is 2.57. The molecule has 0 radical (unpaired) electrons. The predicted octanol–water partition coefficient (Wildman–Crippen LogP) is 7.51. The number of hydrogen-bond donors (Lipinski definition) is 0. The van der Waals surface area contributed by atoms with Crippen molar-refractivity contribution in [3.8, 4) is 22.6 Å². The number of pyridine rings is 1. The number of Topliss-reactive ketones (excluding diaryl/α,β-unsaturated/α-hetero) is 1. The molecule has 5 nitrogen and oxygen atoms in total. The van der Waals surface area contributed by atoms with E-state index in [2.05, 4.69) is 23.7 Å². The highest BCUT2D eigenvalue weighted by atomic mass is 19.1. The lowest BCUT2D eigenvalue weighted by Gasteiger charge is -2.52. The van der Waals surface area contributed by atoms with Gasteiger partial charge in [-0.15, -0.1) is 0 Å². The van der Waals surface area contributed by atoms with Gasteiger partial charge in [0, 0.05) is 39.1 Å². The molecule has 6 heteroatoms. The maximum absolute atomic E-state index is 15.3. The van der Waals surface area contributed by atoms with Gasteiger partial charge in [-0.25, -0.2) is 19.2 Å². The van der Waals surface area contributed by atoms with Crippen molar-refractivity contribution in [1.29, 1.82) is 0 Å². The van der Waals surface area contributed by atoms with Gasteiger partial charge in [-0.05, 0) is 49.4 Å². The molecule has 194 valence electrons. The van der Waals surface area contributed by atoms with Crippen molar-refractivity contribution in [1.82, 2.24) is 15.0 Å². The van der Waals surface area contributed by atoms with Crippen LogP contribution in [0.3, 0.4) is 0 Å². The van der Waals surface area contributed by atoms with Crippen molar-refractivity contribution in [2.75, 3.05) is 0 Å². The van der Waals surface area contributed by atoms with Crippen LogP contribution in [0.2, 0.25) is 0 Å². The summed E-state index contributed by atoms with van der Waals surface area (Å²) in [6.07, 6.45) is 6.46. The summed E-state index contributed by atoms with van der Waals surface area (Å²) in [7, 11) is 0. The predicted molar refractivity (Wildman–Crippen MR) is 150 cm³/mol. The van der Waals surface area contributed by atoms with Crippen molar-refractivity contribution in [2.45, 2.75) is 51.9 Å². The minimum Gasteiger partial charge on any atom is -0.307 e. The lowest BCUT2D eigenvalue weighted by molar-refractivity contribution is -0.130. The molecule has 2 aromatic carbocycles. The standard InChI is InChI=1S/C33H29FN4O/c1-5-17-32(2)27-15-14-23-28(22-11-6-8-12-24(22)34)37-31(21-16-18-36-25-13-9-7-10-20(21)25)38-29(23)33(27,3)19-26(35-4)30(32)39/h6-13,16,18-19,27H,5,14-15,17H2,1-3H3/t27-,32-,33-/m1/s1. The van der Waals surface area contributed by atoms with Crippen LogP contribution in [0.15, 0.2) is 72.6 Å². The number of fused-ring (bicyclic) bond motifs is 4. The van der Waals surface area contributed by atoms with E-state index >= 15 is 4.39 Å². The Hall–Kier alpha value is -4.24. The first-order valence-electron chi connectivity index (χ1n) is 13.5. The number of rotatable bonds is 4. The van der Waals surface area contributed by atoms with E-state index in [-0.39, 0.29) is 23.2 Å². The molecule has 2 aromatic heterocycles. The Balaban J connectivity index is 1.69. The number of carbonyl (C=O) groups excluding carboxylic acids is 1. The molecule has 0 saturated heterocycles. The van der Waals surface area contributed by atoms with Crippen molar-refractivity contribution >= 4 is 16.7 Å². The van der Waals surface area contributed by atoms with Crippen LogP contribution in [-0.2, 0) is 16.6 Å². The van der Waals surface area contributed by atoms with Crippen molar-refractivity contribution in [2.24, 2.45) is 11.3 Å². The molecule has 0 aliphatic heterocycles. The Morgan fingerprint density at radius 2 is 1.82 bits per heavy atom. The summed E-state index contributed by atoms with van der Waals surface area (Å²) in [6.45, 7) is 14.0. The SMILES string of the molecule is [C-]#[N+]C1=C[C@@]2(C)c3nc(-c4ccnc5ccccc45)nc(-c4ccccc4F)c3CC[C@@H]2[C@@](C)(CCC)C1=O. The zero-order valence-electron chi connectivity index (χ0n) is 22.3. The zero-order chi connectivity index (χ0) is 27.4. The topological polar surface area (TPSA) is 60.1 Å². The Kier molecular flexibility index (Phi) is 5.91. The van der Waals surface area contributed by atoms with Crippen LogP contribution in [0, 0.1) is 23.7 Å². The molecule has 0 N–H and O–H groups in total. The maximum atomic E-state index is 15.3. The van der Waals surface area contributed by atoms with Crippen LogP contribution in [0.25, 0.3) is 38.4 Å². The fourth-order valence-corrected chi connectivity index (χ4v) is 7.05. The summed E-state index contributed by atoms with van der Waals surface area (Å²) in [5.41, 5.74) is 3.09. The lowest BCUT2D eigenvalue weighted by Crippen LogP contribution is -2.52. The quantitative estimate of drug-likeness (QED) is 0.263. The van der Waals surface area contributed by atoms with Gasteiger partial charge in [0.25, 0.3) is 0 Å². The zero-order valence-corrected chi connectivity index (χ0v) is 22.3. The largest absolute Gasteiger partial charge is 0.307 e. The molecule has 2 heterocycles. The highest BCUT2D eigenvalue weighted by molar-refractivity contribution is 6.03. The van der Waals surface area contributed by atoms with Gasteiger partial charge in [-0.2, -0.15) is 0 Å². The second kappa shape index (κ2) is 9.20. The summed E-state index contributed by atoms with van der Waals surface area (Å²) in [5.74, 6) is 0.0254. The first-order valence-corrected chi connectivity index (χ1v) is 13.5. The third kappa shape index (κ3) is 3.71. The second-order valence-electron chi connectivity index (χ2n) is 11.1. The minimum absolute atomic E-state index is 0.0409. The molecule has 0 unspecified atom stereocenters. The van der Waals surface area contributed by atoms with E-state index in [4.69, 9.17) is 16.5 Å². The Morgan fingerprint density at radius 1 is 1.05 bits per heavy atom. The van der Waals surface area contributed by atoms with Crippen LogP contribution >= 0.6 is 0 Å².